The summed E-state index contributed by atoms with van der Waals surface area (Å²) in [5.41, 5.74) is 2.17. The van der Waals surface area contributed by atoms with Crippen molar-refractivity contribution in [2.45, 2.75) is 32.6 Å². The van der Waals surface area contributed by atoms with Gasteiger partial charge in [-0.15, -0.1) is 11.3 Å². The molecule has 0 atom stereocenters. The molecule has 0 aliphatic heterocycles. The molecule has 0 fully saturated rings. The normalized spacial score (nSPS) is 13.0. The third kappa shape index (κ3) is 3.55. The van der Waals surface area contributed by atoms with E-state index in [2.05, 4.69) is 25.6 Å². The highest BCUT2D eigenvalue weighted by molar-refractivity contribution is 7.15. The Morgan fingerprint density at radius 1 is 1.33 bits per heavy atom. The topological polar surface area (TPSA) is 79.8 Å². The molecule has 2 heterocycles. The van der Waals surface area contributed by atoms with Crippen molar-refractivity contribution in [3.05, 3.63) is 34.4 Å². The Bertz CT molecular complexity index is 616. The number of aromatic nitrogens is 3. The van der Waals surface area contributed by atoms with Crippen LogP contribution in [0.1, 0.15) is 28.4 Å². The van der Waals surface area contributed by atoms with Gasteiger partial charge >= 0.3 is 6.03 Å². The van der Waals surface area contributed by atoms with Crippen molar-refractivity contribution in [1.29, 1.82) is 0 Å². The van der Waals surface area contributed by atoms with E-state index in [9.17, 15) is 4.79 Å². The summed E-state index contributed by atoms with van der Waals surface area (Å²) in [4.78, 5) is 25.9. The summed E-state index contributed by atoms with van der Waals surface area (Å²) in [5.74, 6) is 0.731. The van der Waals surface area contributed by atoms with E-state index in [1.54, 1.807) is 23.7 Å². The standard InChI is InChI=1S/C14H17N5OS/c1-9-7-16-12(17-8-9)5-6-15-13(20)19-14-18-10-3-2-4-11(10)21-14/h7-8H,2-6H2,1H3,(H2,15,18,19,20). The van der Waals surface area contributed by atoms with Crippen LogP contribution in [0.5, 0.6) is 0 Å². The molecular formula is C14H17N5OS. The maximum absolute atomic E-state index is 11.8. The summed E-state index contributed by atoms with van der Waals surface area (Å²) < 4.78 is 0. The second kappa shape index (κ2) is 6.17. The Morgan fingerprint density at radius 2 is 2.14 bits per heavy atom. The first-order chi connectivity index (χ1) is 10.2. The number of aryl methyl sites for hydroxylation is 3. The van der Waals surface area contributed by atoms with Gasteiger partial charge in [-0.05, 0) is 31.7 Å². The zero-order valence-corrected chi connectivity index (χ0v) is 12.7. The number of thiazole rings is 1. The molecule has 0 bridgehead atoms. The number of carbonyl (C=O) groups excluding carboxylic acids is 1. The number of nitrogens with zero attached hydrogens (tertiary/aromatic N) is 3. The molecule has 2 aromatic rings. The minimum absolute atomic E-state index is 0.227. The van der Waals surface area contributed by atoms with Crippen molar-refractivity contribution in [2.24, 2.45) is 0 Å². The molecule has 21 heavy (non-hydrogen) atoms. The van der Waals surface area contributed by atoms with Crippen LogP contribution >= 0.6 is 11.3 Å². The quantitative estimate of drug-likeness (QED) is 0.906. The Balaban J connectivity index is 1.44. The van der Waals surface area contributed by atoms with Crippen molar-refractivity contribution in [3.8, 4) is 0 Å². The fourth-order valence-corrected chi connectivity index (χ4v) is 3.27. The van der Waals surface area contributed by atoms with Crippen molar-refractivity contribution in [1.82, 2.24) is 20.3 Å². The van der Waals surface area contributed by atoms with Gasteiger partial charge in [0.15, 0.2) is 5.13 Å². The highest BCUT2D eigenvalue weighted by Crippen LogP contribution is 2.30. The molecule has 0 unspecified atom stereocenters. The molecule has 2 amide bonds. The van der Waals surface area contributed by atoms with Gasteiger partial charge in [0, 0.05) is 30.2 Å². The second-order valence-corrected chi connectivity index (χ2v) is 6.13. The predicted molar refractivity (Wildman–Crippen MR) is 81.6 cm³/mol. The van der Waals surface area contributed by atoms with E-state index in [4.69, 9.17) is 0 Å². The van der Waals surface area contributed by atoms with Crippen LogP contribution in [0.2, 0.25) is 0 Å². The van der Waals surface area contributed by atoms with Crippen molar-refractivity contribution < 1.29 is 4.79 Å². The van der Waals surface area contributed by atoms with E-state index in [1.807, 2.05) is 6.92 Å². The number of fused-ring (bicyclic) bond motifs is 1. The maximum Gasteiger partial charge on any atom is 0.321 e. The van der Waals surface area contributed by atoms with Crippen LogP contribution < -0.4 is 10.6 Å². The van der Waals surface area contributed by atoms with Crippen LogP contribution in [-0.2, 0) is 19.3 Å². The van der Waals surface area contributed by atoms with Gasteiger partial charge in [-0.25, -0.2) is 19.7 Å². The Morgan fingerprint density at radius 3 is 2.90 bits per heavy atom. The number of amides is 2. The largest absolute Gasteiger partial charge is 0.337 e. The molecular weight excluding hydrogens is 286 g/mol. The van der Waals surface area contributed by atoms with Gasteiger partial charge in [0.1, 0.15) is 5.82 Å². The number of carbonyl (C=O) groups is 1. The lowest BCUT2D eigenvalue weighted by Crippen LogP contribution is -2.30. The second-order valence-electron chi connectivity index (χ2n) is 5.05. The molecule has 2 aromatic heterocycles. The van der Waals surface area contributed by atoms with Gasteiger partial charge in [0.25, 0.3) is 0 Å². The number of rotatable bonds is 4. The molecule has 3 rings (SSSR count). The molecule has 0 spiro atoms. The van der Waals surface area contributed by atoms with E-state index < -0.39 is 0 Å². The first-order valence-electron chi connectivity index (χ1n) is 7.01. The van der Waals surface area contributed by atoms with Crippen molar-refractivity contribution in [2.75, 3.05) is 11.9 Å². The SMILES string of the molecule is Cc1cnc(CCNC(=O)Nc2nc3c(s2)CCC3)nc1. The summed E-state index contributed by atoms with van der Waals surface area (Å²) >= 11 is 1.57. The summed E-state index contributed by atoms with van der Waals surface area (Å²) in [5, 5.41) is 6.26. The molecule has 0 aromatic carbocycles. The van der Waals surface area contributed by atoms with Crippen LogP contribution in [0.4, 0.5) is 9.93 Å². The molecule has 7 heteroatoms. The van der Waals surface area contributed by atoms with E-state index in [1.165, 1.54) is 11.3 Å². The maximum atomic E-state index is 11.8. The van der Waals surface area contributed by atoms with Crippen LogP contribution in [-0.4, -0.2) is 27.5 Å². The Labute approximate surface area is 127 Å². The van der Waals surface area contributed by atoms with Gasteiger partial charge in [-0.3, -0.25) is 5.32 Å². The van der Waals surface area contributed by atoms with Gasteiger partial charge in [-0.1, -0.05) is 0 Å². The third-order valence-corrected chi connectivity index (χ3v) is 4.36. The molecule has 0 saturated carbocycles. The summed E-state index contributed by atoms with van der Waals surface area (Å²) in [6.07, 6.45) is 7.46. The predicted octanol–water partition coefficient (Wildman–Crippen LogP) is 2.09. The molecule has 0 saturated heterocycles. The van der Waals surface area contributed by atoms with Crippen LogP contribution in [0, 0.1) is 6.92 Å². The monoisotopic (exact) mass is 303 g/mol. The fraction of sp³-hybridized carbons (Fsp3) is 0.429. The lowest BCUT2D eigenvalue weighted by Gasteiger charge is -2.05. The number of hydrogen-bond donors (Lipinski definition) is 2. The van der Waals surface area contributed by atoms with Gasteiger partial charge in [0.2, 0.25) is 0 Å². The molecule has 1 aliphatic rings. The summed E-state index contributed by atoms with van der Waals surface area (Å²) in [7, 11) is 0. The van der Waals surface area contributed by atoms with Gasteiger partial charge < -0.3 is 5.32 Å². The molecule has 2 N–H and O–H groups in total. The molecule has 0 radical (unpaired) electrons. The summed E-state index contributed by atoms with van der Waals surface area (Å²) in [6.45, 7) is 2.45. The Hall–Kier alpha value is -2.02. The average molecular weight is 303 g/mol. The number of nitrogens with one attached hydrogen (secondary N) is 2. The van der Waals surface area contributed by atoms with E-state index >= 15 is 0 Å². The lowest BCUT2D eigenvalue weighted by atomic mass is 10.3. The number of anilines is 1. The third-order valence-electron chi connectivity index (χ3n) is 3.28. The van der Waals surface area contributed by atoms with Crippen LogP contribution in [0.25, 0.3) is 0 Å². The average Bonchev–Trinajstić information content (AvgIpc) is 3.02. The highest BCUT2D eigenvalue weighted by Gasteiger charge is 2.17. The zero-order chi connectivity index (χ0) is 14.7. The minimum atomic E-state index is -0.227. The van der Waals surface area contributed by atoms with E-state index in [0.29, 0.717) is 18.1 Å². The van der Waals surface area contributed by atoms with Gasteiger partial charge in [-0.2, -0.15) is 0 Å². The van der Waals surface area contributed by atoms with Crippen molar-refractivity contribution >= 4 is 22.5 Å². The molecule has 110 valence electrons. The summed E-state index contributed by atoms with van der Waals surface area (Å²) in [6, 6.07) is -0.227. The van der Waals surface area contributed by atoms with Gasteiger partial charge in [0.05, 0.1) is 5.69 Å². The minimum Gasteiger partial charge on any atom is -0.337 e. The van der Waals surface area contributed by atoms with Crippen molar-refractivity contribution in [3.63, 3.8) is 0 Å². The molecule has 6 nitrogen and oxygen atoms in total. The fourth-order valence-electron chi connectivity index (χ4n) is 2.22. The van der Waals surface area contributed by atoms with Crippen LogP contribution in [0.15, 0.2) is 12.4 Å². The highest BCUT2D eigenvalue weighted by atomic mass is 32.1. The first kappa shape index (κ1) is 13.9. The smallest absolute Gasteiger partial charge is 0.321 e. The number of hydrogen-bond acceptors (Lipinski definition) is 5. The Kier molecular flexibility index (Phi) is 4.10. The lowest BCUT2D eigenvalue weighted by molar-refractivity contribution is 0.252. The zero-order valence-electron chi connectivity index (χ0n) is 11.8. The van der Waals surface area contributed by atoms with Crippen LogP contribution in [0.3, 0.4) is 0 Å². The van der Waals surface area contributed by atoms with E-state index in [-0.39, 0.29) is 6.03 Å². The number of urea groups is 1. The van der Waals surface area contributed by atoms with E-state index in [0.717, 1.165) is 29.9 Å². The molecule has 1 aliphatic carbocycles. The first-order valence-corrected chi connectivity index (χ1v) is 7.83.